The first-order chi connectivity index (χ1) is 13.7. The van der Waals surface area contributed by atoms with Gasteiger partial charge in [-0.05, 0) is 49.1 Å². The summed E-state index contributed by atoms with van der Waals surface area (Å²) in [5.74, 6) is 1.62. The number of hydrogen-bond donors (Lipinski definition) is 3. The topological polar surface area (TPSA) is 74.8 Å². The molecule has 2 aromatic rings. The highest BCUT2D eigenvalue weighted by Crippen LogP contribution is 2.17. The predicted octanol–water partition coefficient (Wildman–Crippen LogP) is 2.40. The molecule has 0 aliphatic heterocycles. The monoisotopic (exact) mass is 382 g/mol. The maximum atomic E-state index is 11.7. The number of benzene rings is 2. The molecule has 0 aromatic heterocycles. The van der Waals surface area contributed by atoms with Gasteiger partial charge < -0.3 is 20.7 Å². The molecule has 150 valence electrons. The average Bonchev–Trinajstić information content (AvgIpc) is 2.73. The summed E-state index contributed by atoms with van der Waals surface area (Å²) in [7, 11) is 3.33. The molecule has 0 bridgehead atoms. The van der Waals surface area contributed by atoms with Crippen molar-refractivity contribution in [1.82, 2.24) is 16.0 Å². The zero-order chi connectivity index (χ0) is 20.2. The van der Waals surface area contributed by atoms with Gasteiger partial charge in [0.2, 0.25) is 0 Å². The molecule has 0 aliphatic rings. The number of amides is 1. The molecule has 0 spiro atoms. The van der Waals surface area contributed by atoms with Crippen LogP contribution in [0, 0.1) is 0 Å². The maximum Gasteiger partial charge on any atom is 0.251 e. The third-order valence-electron chi connectivity index (χ3n) is 4.31. The number of nitrogens with one attached hydrogen (secondary N) is 3. The number of hydrogen-bond acceptors (Lipinski definition) is 3. The number of ether oxygens (including phenoxy) is 1. The summed E-state index contributed by atoms with van der Waals surface area (Å²) in [4.78, 5) is 16.4. The predicted molar refractivity (Wildman–Crippen MR) is 114 cm³/mol. The average molecular weight is 383 g/mol. The molecular weight excluding hydrogens is 352 g/mol. The minimum Gasteiger partial charge on any atom is -0.496 e. The van der Waals surface area contributed by atoms with E-state index in [1.165, 1.54) is 0 Å². The third kappa shape index (κ3) is 6.61. The van der Waals surface area contributed by atoms with Crippen molar-refractivity contribution < 1.29 is 9.53 Å². The van der Waals surface area contributed by atoms with Crippen molar-refractivity contribution in [1.29, 1.82) is 0 Å². The second kappa shape index (κ2) is 11.6. The van der Waals surface area contributed by atoms with Crippen LogP contribution in [0.1, 0.15) is 28.4 Å². The van der Waals surface area contributed by atoms with Crippen LogP contribution < -0.4 is 20.7 Å². The van der Waals surface area contributed by atoms with E-state index in [-0.39, 0.29) is 5.91 Å². The van der Waals surface area contributed by atoms with Gasteiger partial charge in [-0.25, -0.2) is 0 Å². The number of rotatable bonds is 9. The molecule has 0 fully saturated rings. The second-order valence-corrected chi connectivity index (χ2v) is 6.28. The number of guanidine groups is 1. The summed E-state index contributed by atoms with van der Waals surface area (Å²) < 4.78 is 5.39. The van der Waals surface area contributed by atoms with Gasteiger partial charge in [0.25, 0.3) is 5.91 Å². The van der Waals surface area contributed by atoms with Crippen molar-refractivity contribution in [2.24, 2.45) is 4.99 Å². The smallest absolute Gasteiger partial charge is 0.251 e. The number of nitrogens with zero attached hydrogens (tertiary/aromatic N) is 1. The van der Waals surface area contributed by atoms with Gasteiger partial charge in [0, 0.05) is 32.2 Å². The Morgan fingerprint density at radius 2 is 1.89 bits per heavy atom. The van der Waals surface area contributed by atoms with Gasteiger partial charge in [-0.15, -0.1) is 0 Å². The first-order valence-corrected chi connectivity index (χ1v) is 9.63. The van der Waals surface area contributed by atoms with Crippen molar-refractivity contribution >= 4 is 11.9 Å². The molecule has 2 rings (SSSR count). The van der Waals surface area contributed by atoms with Gasteiger partial charge in [-0.2, -0.15) is 0 Å². The molecule has 6 heteroatoms. The van der Waals surface area contributed by atoms with Crippen molar-refractivity contribution in [2.75, 3.05) is 33.8 Å². The van der Waals surface area contributed by atoms with E-state index in [1.807, 2.05) is 49.4 Å². The minimum atomic E-state index is -0.0685. The molecule has 2 aromatic carbocycles. The summed E-state index contributed by atoms with van der Waals surface area (Å²) in [6, 6.07) is 15.7. The van der Waals surface area contributed by atoms with Crippen LogP contribution in [0.2, 0.25) is 0 Å². The van der Waals surface area contributed by atoms with E-state index in [0.29, 0.717) is 12.1 Å². The maximum absolute atomic E-state index is 11.7. The molecular formula is C22H30N4O2. The molecule has 0 atom stereocenters. The number of carbonyl (C=O) groups is 1. The largest absolute Gasteiger partial charge is 0.496 e. The zero-order valence-corrected chi connectivity index (χ0v) is 16.9. The fourth-order valence-corrected chi connectivity index (χ4v) is 2.88. The summed E-state index contributed by atoms with van der Waals surface area (Å²) >= 11 is 0. The highest BCUT2D eigenvalue weighted by atomic mass is 16.5. The first-order valence-electron chi connectivity index (χ1n) is 9.63. The SMILES string of the molecule is CCNC(=NCCc1ccccc1OC)NCCc1cccc(C(=O)NC)c1. The van der Waals surface area contributed by atoms with Crippen LogP contribution in [0.4, 0.5) is 0 Å². The third-order valence-corrected chi connectivity index (χ3v) is 4.31. The fraction of sp³-hybridized carbons (Fsp3) is 0.364. The Morgan fingerprint density at radius 1 is 1.07 bits per heavy atom. The lowest BCUT2D eigenvalue weighted by molar-refractivity contribution is 0.0963. The van der Waals surface area contributed by atoms with Crippen LogP contribution in [-0.2, 0) is 12.8 Å². The van der Waals surface area contributed by atoms with Crippen LogP contribution in [0.25, 0.3) is 0 Å². The molecule has 0 aliphatic carbocycles. The Bertz CT molecular complexity index is 790. The molecule has 28 heavy (non-hydrogen) atoms. The Hall–Kier alpha value is -3.02. The van der Waals surface area contributed by atoms with Gasteiger partial charge in [0.15, 0.2) is 5.96 Å². The van der Waals surface area contributed by atoms with Crippen LogP contribution in [0.15, 0.2) is 53.5 Å². The number of aliphatic imine (C=N–C) groups is 1. The molecule has 0 heterocycles. The molecule has 0 saturated heterocycles. The van der Waals surface area contributed by atoms with Gasteiger partial charge in [-0.3, -0.25) is 9.79 Å². The summed E-state index contributed by atoms with van der Waals surface area (Å²) in [6.07, 6.45) is 1.62. The summed E-state index contributed by atoms with van der Waals surface area (Å²) in [5.41, 5.74) is 2.94. The lowest BCUT2D eigenvalue weighted by atomic mass is 10.1. The first kappa shape index (κ1) is 21.3. The minimum absolute atomic E-state index is 0.0685. The summed E-state index contributed by atoms with van der Waals surface area (Å²) in [6.45, 7) is 4.25. The zero-order valence-electron chi connectivity index (χ0n) is 16.9. The number of carbonyl (C=O) groups excluding carboxylic acids is 1. The highest BCUT2D eigenvalue weighted by molar-refractivity contribution is 5.94. The van der Waals surface area contributed by atoms with Crippen LogP contribution in [0.5, 0.6) is 5.75 Å². The molecule has 0 radical (unpaired) electrons. The van der Waals surface area contributed by atoms with E-state index >= 15 is 0 Å². The Morgan fingerprint density at radius 3 is 2.64 bits per heavy atom. The highest BCUT2D eigenvalue weighted by Gasteiger charge is 2.05. The quantitative estimate of drug-likeness (QED) is 0.460. The van der Waals surface area contributed by atoms with Crippen molar-refractivity contribution in [2.45, 2.75) is 19.8 Å². The molecule has 1 amide bonds. The standard InChI is InChI=1S/C22H30N4O2/c1-4-24-22(26-15-13-18-9-5-6-11-20(18)28-3)25-14-12-17-8-7-10-19(16-17)21(27)23-2/h5-11,16H,4,12-15H2,1-3H3,(H,23,27)(H2,24,25,26). The normalized spacial score (nSPS) is 11.0. The molecule has 0 saturated carbocycles. The Kier molecular flexibility index (Phi) is 8.85. The van der Waals surface area contributed by atoms with Crippen molar-refractivity contribution in [3.05, 3.63) is 65.2 Å². The Labute approximate surface area is 167 Å². The number of methoxy groups -OCH3 is 1. The summed E-state index contributed by atoms with van der Waals surface area (Å²) in [5, 5.41) is 9.27. The van der Waals surface area contributed by atoms with Gasteiger partial charge in [0.1, 0.15) is 5.75 Å². The number of para-hydroxylation sites is 1. The van der Waals surface area contributed by atoms with E-state index in [1.54, 1.807) is 14.2 Å². The molecule has 6 nitrogen and oxygen atoms in total. The van der Waals surface area contributed by atoms with E-state index in [4.69, 9.17) is 4.74 Å². The van der Waals surface area contributed by atoms with Gasteiger partial charge >= 0.3 is 0 Å². The van der Waals surface area contributed by atoms with Crippen molar-refractivity contribution in [3.8, 4) is 5.75 Å². The van der Waals surface area contributed by atoms with E-state index < -0.39 is 0 Å². The lowest BCUT2D eigenvalue weighted by Gasteiger charge is -2.12. The van der Waals surface area contributed by atoms with Crippen LogP contribution >= 0.6 is 0 Å². The van der Waals surface area contributed by atoms with Gasteiger partial charge in [0.05, 0.1) is 7.11 Å². The van der Waals surface area contributed by atoms with E-state index in [9.17, 15) is 4.79 Å². The van der Waals surface area contributed by atoms with E-state index in [2.05, 4.69) is 27.0 Å². The van der Waals surface area contributed by atoms with E-state index in [0.717, 1.165) is 48.8 Å². The van der Waals surface area contributed by atoms with Crippen molar-refractivity contribution in [3.63, 3.8) is 0 Å². The lowest BCUT2D eigenvalue weighted by Crippen LogP contribution is -2.38. The second-order valence-electron chi connectivity index (χ2n) is 6.28. The fourth-order valence-electron chi connectivity index (χ4n) is 2.88. The van der Waals surface area contributed by atoms with Gasteiger partial charge in [-0.1, -0.05) is 30.3 Å². The van der Waals surface area contributed by atoms with Crippen LogP contribution in [0.3, 0.4) is 0 Å². The molecule has 3 N–H and O–H groups in total. The molecule has 0 unspecified atom stereocenters. The Balaban J connectivity index is 1.88. The van der Waals surface area contributed by atoms with Crippen LogP contribution in [-0.4, -0.2) is 45.7 Å².